The summed E-state index contributed by atoms with van der Waals surface area (Å²) >= 11 is 0. The molecule has 0 aromatic rings. The van der Waals surface area contributed by atoms with Crippen molar-refractivity contribution < 1.29 is 9.53 Å². The zero-order chi connectivity index (χ0) is 15.7. The minimum atomic E-state index is -0.425. The van der Waals surface area contributed by atoms with Gasteiger partial charge in [0, 0.05) is 30.7 Å². The van der Waals surface area contributed by atoms with Gasteiger partial charge >= 0.3 is 6.09 Å². The first-order chi connectivity index (χ1) is 9.76. The summed E-state index contributed by atoms with van der Waals surface area (Å²) in [4.78, 5) is 14.5. The maximum atomic E-state index is 12.5. The van der Waals surface area contributed by atoms with Crippen molar-refractivity contribution in [3.63, 3.8) is 0 Å². The van der Waals surface area contributed by atoms with Crippen LogP contribution in [0.1, 0.15) is 59.8 Å². The standard InChI is InChI=1S/C16H31N3O2/c1-12(11-17)18-13-6-9-19(14(20)21-15(2,3)4)16(10-13)7-5-8-16/h12-13,18H,5-11,17H2,1-4H3. The number of rotatable bonds is 3. The highest BCUT2D eigenvalue weighted by molar-refractivity contribution is 5.69. The third-order valence-electron chi connectivity index (χ3n) is 4.67. The Morgan fingerprint density at radius 2 is 2.14 bits per heavy atom. The Kier molecular flexibility index (Phi) is 4.83. The van der Waals surface area contributed by atoms with Crippen molar-refractivity contribution in [2.45, 2.75) is 83.0 Å². The van der Waals surface area contributed by atoms with E-state index in [2.05, 4.69) is 12.2 Å². The van der Waals surface area contributed by atoms with Crippen LogP contribution in [0.4, 0.5) is 4.79 Å². The van der Waals surface area contributed by atoms with Gasteiger partial charge in [-0.3, -0.25) is 0 Å². The topological polar surface area (TPSA) is 67.6 Å². The van der Waals surface area contributed by atoms with Crippen LogP contribution >= 0.6 is 0 Å². The fraction of sp³-hybridized carbons (Fsp3) is 0.938. The molecule has 5 heteroatoms. The summed E-state index contributed by atoms with van der Waals surface area (Å²) in [5.74, 6) is 0. The lowest BCUT2D eigenvalue weighted by Crippen LogP contribution is -2.64. The minimum Gasteiger partial charge on any atom is -0.444 e. The molecular formula is C16H31N3O2. The third kappa shape index (κ3) is 3.89. The molecule has 1 aliphatic heterocycles. The molecule has 2 unspecified atom stereocenters. The molecular weight excluding hydrogens is 266 g/mol. The van der Waals surface area contributed by atoms with Crippen LogP contribution in [-0.2, 0) is 4.74 Å². The molecule has 122 valence electrons. The molecule has 0 radical (unpaired) electrons. The number of ether oxygens (including phenoxy) is 1. The van der Waals surface area contributed by atoms with Gasteiger partial charge in [-0.05, 0) is 59.8 Å². The number of hydrogen-bond donors (Lipinski definition) is 2. The third-order valence-corrected chi connectivity index (χ3v) is 4.67. The maximum absolute atomic E-state index is 12.5. The SMILES string of the molecule is CC(CN)NC1CCN(C(=O)OC(C)(C)C)C2(CCC2)C1. The van der Waals surface area contributed by atoms with Gasteiger partial charge in [-0.15, -0.1) is 0 Å². The molecule has 2 aliphatic rings. The van der Waals surface area contributed by atoms with E-state index in [1.54, 1.807) is 0 Å². The first-order valence-electron chi connectivity index (χ1n) is 8.22. The molecule has 1 saturated carbocycles. The number of nitrogens with one attached hydrogen (secondary N) is 1. The highest BCUT2D eigenvalue weighted by Crippen LogP contribution is 2.45. The number of nitrogens with zero attached hydrogens (tertiary/aromatic N) is 1. The molecule has 1 aliphatic carbocycles. The van der Waals surface area contributed by atoms with Gasteiger partial charge in [0.25, 0.3) is 0 Å². The van der Waals surface area contributed by atoms with Crippen molar-refractivity contribution >= 4 is 6.09 Å². The Hall–Kier alpha value is -0.810. The predicted molar refractivity (Wildman–Crippen MR) is 84.2 cm³/mol. The second-order valence-corrected chi connectivity index (χ2v) is 7.70. The Balaban J connectivity index is 2.00. The molecule has 2 fully saturated rings. The van der Waals surface area contributed by atoms with Gasteiger partial charge in [-0.1, -0.05) is 0 Å². The molecule has 0 aromatic heterocycles. The van der Waals surface area contributed by atoms with Crippen LogP contribution in [-0.4, -0.2) is 47.3 Å². The summed E-state index contributed by atoms with van der Waals surface area (Å²) in [6.07, 6.45) is 5.26. The van der Waals surface area contributed by atoms with E-state index in [-0.39, 0.29) is 11.6 Å². The van der Waals surface area contributed by atoms with E-state index < -0.39 is 5.60 Å². The molecule has 5 nitrogen and oxygen atoms in total. The van der Waals surface area contributed by atoms with Gasteiger partial charge in [0.2, 0.25) is 0 Å². The van der Waals surface area contributed by atoms with Crippen molar-refractivity contribution in [1.82, 2.24) is 10.2 Å². The van der Waals surface area contributed by atoms with Gasteiger partial charge in [-0.2, -0.15) is 0 Å². The van der Waals surface area contributed by atoms with Crippen LogP contribution in [0.2, 0.25) is 0 Å². The lowest BCUT2D eigenvalue weighted by atomic mass is 9.69. The van der Waals surface area contributed by atoms with Gasteiger partial charge < -0.3 is 20.7 Å². The first-order valence-corrected chi connectivity index (χ1v) is 8.22. The second kappa shape index (κ2) is 6.13. The molecule has 0 bridgehead atoms. The van der Waals surface area contributed by atoms with Crippen LogP contribution in [0, 0.1) is 0 Å². The van der Waals surface area contributed by atoms with E-state index in [0.29, 0.717) is 18.6 Å². The number of carbonyl (C=O) groups is 1. The number of hydrogen-bond acceptors (Lipinski definition) is 4. The monoisotopic (exact) mass is 297 g/mol. The molecule has 1 saturated heterocycles. The average Bonchev–Trinajstić information content (AvgIpc) is 2.34. The molecule has 3 N–H and O–H groups in total. The number of nitrogens with two attached hydrogens (primary N) is 1. The Labute approximate surface area is 128 Å². The predicted octanol–water partition coefficient (Wildman–Crippen LogP) is 2.25. The van der Waals surface area contributed by atoms with Gasteiger partial charge in [-0.25, -0.2) is 4.79 Å². The van der Waals surface area contributed by atoms with Crippen molar-refractivity contribution in [2.24, 2.45) is 5.73 Å². The first kappa shape index (κ1) is 16.6. The lowest BCUT2D eigenvalue weighted by Gasteiger charge is -2.55. The zero-order valence-corrected chi connectivity index (χ0v) is 13.9. The maximum Gasteiger partial charge on any atom is 0.410 e. The van der Waals surface area contributed by atoms with Crippen LogP contribution in [0.5, 0.6) is 0 Å². The zero-order valence-electron chi connectivity index (χ0n) is 13.9. The molecule has 2 rings (SSSR count). The van der Waals surface area contributed by atoms with Crippen molar-refractivity contribution in [3.8, 4) is 0 Å². The van der Waals surface area contributed by atoms with Crippen LogP contribution in [0.25, 0.3) is 0 Å². The number of likely N-dealkylation sites (tertiary alicyclic amines) is 1. The average molecular weight is 297 g/mol. The van der Waals surface area contributed by atoms with Gasteiger partial charge in [0.05, 0.1) is 0 Å². The normalized spacial score (nSPS) is 26.3. The van der Waals surface area contributed by atoms with Crippen LogP contribution in [0.3, 0.4) is 0 Å². The summed E-state index contributed by atoms with van der Waals surface area (Å²) in [6, 6.07) is 0.794. The molecule has 21 heavy (non-hydrogen) atoms. The van der Waals surface area contributed by atoms with E-state index >= 15 is 0 Å². The van der Waals surface area contributed by atoms with Crippen molar-refractivity contribution in [2.75, 3.05) is 13.1 Å². The van der Waals surface area contributed by atoms with Gasteiger partial charge in [0.15, 0.2) is 0 Å². The Bertz CT molecular complexity index is 374. The molecule has 1 heterocycles. The highest BCUT2D eigenvalue weighted by Gasteiger charge is 2.49. The quantitative estimate of drug-likeness (QED) is 0.838. The summed E-state index contributed by atoms with van der Waals surface area (Å²) in [5, 5.41) is 3.60. The highest BCUT2D eigenvalue weighted by atomic mass is 16.6. The van der Waals surface area contributed by atoms with E-state index in [1.807, 2.05) is 25.7 Å². The number of amides is 1. The van der Waals surface area contributed by atoms with Crippen LogP contribution in [0.15, 0.2) is 0 Å². The molecule has 1 amide bonds. The molecule has 2 atom stereocenters. The van der Waals surface area contributed by atoms with Crippen molar-refractivity contribution in [3.05, 3.63) is 0 Å². The fourth-order valence-corrected chi connectivity index (χ4v) is 3.47. The summed E-state index contributed by atoms with van der Waals surface area (Å²) in [5.41, 5.74) is 5.30. The minimum absolute atomic E-state index is 0.0204. The Morgan fingerprint density at radius 3 is 2.62 bits per heavy atom. The molecule has 0 aromatic carbocycles. The van der Waals surface area contributed by atoms with E-state index in [1.165, 1.54) is 6.42 Å². The summed E-state index contributed by atoms with van der Waals surface area (Å²) in [6.45, 7) is 9.33. The smallest absolute Gasteiger partial charge is 0.410 e. The lowest BCUT2D eigenvalue weighted by molar-refractivity contribution is -0.0498. The van der Waals surface area contributed by atoms with E-state index in [0.717, 1.165) is 32.2 Å². The number of carbonyl (C=O) groups excluding carboxylic acids is 1. The largest absolute Gasteiger partial charge is 0.444 e. The summed E-state index contributed by atoms with van der Waals surface area (Å²) < 4.78 is 5.59. The molecule has 1 spiro atoms. The van der Waals surface area contributed by atoms with E-state index in [4.69, 9.17) is 10.5 Å². The fourth-order valence-electron chi connectivity index (χ4n) is 3.47. The van der Waals surface area contributed by atoms with Gasteiger partial charge in [0.1, 0.15) is 5.60 Å². The Morgan fingerprint density at radius 1 is 1.48 bits per heavy atom. The van der Waals surface area contributed by atoms with E-state index in [9.17, 15) is 4.79 Å². The van der Waals surface area contributed by atoms with Crippen molar-refractivity contribution in [1.29, 1.82) is 0 Å². The second-order valence-electron chi connectivity index (χ2n) is 7.70. The number of piperidine rings is 1. The van der Waals surface area contributed by atoms with Crippen LogP contribution < -0.4 is 11.1 Å². The summed E-state index contributed by atoms with van der Waals surface area (Å²) in [7, 11) is 0.